The first-order chi connectivity index (χ1) is 13.3. The first-order valence-electron chi connectivity index (χ1n) is 9.38. The van der Waals surface area contributed by atoms with Gasteiger partial charge in [0.1, 0.15) is 0 Å². The number of H-pyrrole nitrogens is 1. The maximum absolute atomic E-state index is 8.91. The first-order valence-corrected chi connectivity index (χ1v) is 10.5. The largest absolute Gasteiger partial charge is 0.361 e. The summed E-state index contributed by atoms with van der Waals surface area (Å²) in [5, 5.41) is 10.3. The summed E-state index contributed by atoms with van der Waals surface area (Å²) in [6, 6.07) is 18.6. The van der Waals surface area contributed by atoms with Gasteiger partial charge in [0.05, 0.1) is 11.6 Å². The Morgan fingerprint density at radius 2 is 1.96 bits per heavy atom. The molecule has 2 aromatic carbocycles. The fraction of sp³-hybridized carbons (Fsp3) is 0.261. The summed E-state index contributed by atoms with van der Waals surface area (Å²) in [5.41, 5.74) is 6.01. The Morgan fingerprint density at radius 3 is 2.74 bits per heavy atom. The third-order valence-corrected chi connectivity index (χ3v) is 6.15. The van der Waals surface area contributed by atoms with Crippen molar-refractivity contribution in [3.05, 3.63) is 77.5 Å². The maximum Gasteiger partial charge on any atom is 0.0991 e. The molecule has 0 radical (unpaired) electrons. The Balaban J connectivity index is 1.24. The highest BCUT2D eigenvalue weighted by Crippen LogP contribution is 2.24. The Bertz CT molecular complexity index is 979. The SMILES string of the molecule is N#Cc1ccc(C2=CCN(CCSCc3c[nH]c4ccccc34)CC2)cc1. The predicted octanol–water partition coefficient (Wildman–Crippen LogP) is 5.06. The van der Waals surface area contributed by atoms with E-state index in [-0.39, 0.29) is 0 Å². The zero-order valence-electron chi connectivity index (χ0n) is 15.3. The molecule has 3 nitrogen and oxygen atoms in total. The van der Waals surface area contributed by atoms with Gasteiger partial charge < -0.3 is 4.98 Å². The minimum atomic E-state index is 0.726. The molecule has 0 unspecified atom stereocenters. The zero-order chi connectivity index (χ0) is 18.5. The smallest absolute Gasteiger partial charge is 0.0991 e. The quantitative estimate of drug-likeness (QED) is 0.614. The van der Waals surface area contributed by atoms with Crippen LogP contribution in [0.1, 0.15) is 23.1 Å². The number of para-hydroxylation sites is 1. The summed E-state index contributed by atoms with van der Waals surface area (Å²) in [5.74, 6) is 2.21. The molecule has 4 rings (SSSR count). The van der Waals surface area contributed by atoms with Crippen molar-refractivity contribution in [1.29, 1.82) is 5.26 Å². The van der Waals surface area contributed by atoms with E-state index >= 15 is 0 Å². The van der Waals surface area contributed by atoms with Crippen LogP contribution in [0.15, 0.2) is 60.8 Å². The van der Waals surface area contributed by atoms with Crippen molar-refractivity contribution in [3.63, 3.8) is 0 Å². The molecule has 0 saturated heterocycles. The van der Waals surface area contributed by atoms with Gasteiger partial charge in [-0.15, -0.1) is 0 Å². The van der Waals surface area contributed by atoms with Gasteiger partial charge in [0.15, 0.2) is 0 Å². The number of nitrogens with zero attached hydrogens (tertiary/aromatic N) is 2. The molecule has 0 atom stereocenters. The van der Waals surface area contributed by atoms with Crippen molar-refractivity contribution in [3.8, 4) is 6.07 Å². The molecule has 0 aliphatic carbocycles. The number of aromatic nitrogens is 1. The monoisotopic (exact) mass is 373 g/mol. The molecule has 136 valence electrons. The number of thioether (sulfide) groups is 1. The van der Waals surface area contributed by atoms with E-state index in [1.165, 1.54) is 27.6 Å². The van der Waals surface area contributed by atoms with E-state index in [9.17, 15) is 0 Å². The van der Waals surface area contributed by atoms with Crippen LogP contribution < -0.4 is 0 Å². The second kappa shape index (κ2) is 8.47. The molecule has 4 heteroatoms. The minimum absolute atomic E-state index is 0.726. The summed E-state index contributed by atoms with van der Waals surface area (Å²) < 4.78 is 0. The molecule has 0 fully saturated rings. The zero-order valence-corrected chi connectivity index (χ0v) is 16.1. The topological polar surface area (TPSA) is 42.8 Å². The van der Waals surface area contributed by atoms with Gasteiger partial charge in [-0.2, -0.15) is 17.0 Å². The van der Waals surface area contributed by atoms with E-state index in [2.05, 4.69) is 64.6 Å². The third-order valence-electron chi connectivity index (χ3n) is 5.16. The number of nitriles is 1. The van der Waals surface area contributed by atoms with Crippen LogP contribution in [0.2, 0.25) is 0 Å². The van der Waals surface area contributed by atoms with Crippen LogP contribution >= 0.6 is 11.8 Å². The molecule has 2 heterocycles. The first kappa shape index (κ1) is 17.9. The number of benzene rings is 2. The van der Waals surface area contributed by atoms with Crippen LogP contribution in [0.5, 0.6) is 0 Å². The maximum atomic E-state index is 8.91. The van der Waals surface area contributed by atoms with Gasteiger partial charge in [0.2, 0.25) is 0 Å². The Labute approximate surface area is 164 Å². The number of hydrogen-bond acceptors (Lipinski definition) is 3. The van der Waals surface area contributed by atoms with Gasteiger partial charge in [-0.3, -0.25) is 4.90 Å². The highest BCUT2D eigenvalue weighted by atomic mass is 32.2. The van der Waals surface area contributed by atoms with Crippen LogP contribution in [0, 0.1) is 11.3 Å². The number of hydrogen-bond donors (Lipinski definition) is 1. The van der Waals surface area contributed by atoms with Crippen LogP contribution in [0.25, 0.3) is 16.5 Å². The van der Waals surface area contributed by atoms with E-state index in [0.29, 0.717) is 0 Å². The van der Waals surface area contributed by atoms with Crippen molar-refractivity contribution < 1.29 is 0 Å². The molecule has 0 saturated carbocycles. The molecular weight excluding hydrogens is 350 g/mol. The van der Waals surface area contributed by atoms with Crippen molar-refractivity contribution in [2.24, 2.45) is 0 Å². The molecule has 0 spiro atoms. The number of fused-ring (bicyclic) bond motifs is 1. The predicted molar refractivity (Wildman–Crippen MR) is 115 cm³/mol. The van der Waals surface area contributed by atoms with E-state index in [0.717, 1.165) is 43.1 Å². The number of rotatable bonds is 6. The van der Waals surface area contributed by atoms with Gasteiger partial charge >= 0.3 is 0 Å². The molecule has 0 bridgehead atoms. The molecule has 1 aliphatic heterocycles. The van der Waals surface area contributed by atoms with E-state index in [4.69, 9.17) is 5.26 Å². The van der Waals surface area contributed by atoms with Crippen LogP contribution in [-0.2, 0) is 5.75 Å². The van der Waals surface area contributed by atoms with Gasteiger partial charge in [-0.1, -0.05) is 36.4 Å². The lowest BCUT2D eigenvalue weighted by Crippen LogP contribution is -2.30. The minimum Gasteiger partial charge on any atom is -0.361 e. The van der Waals surface area contributed by atoms with Crippen molar-refractivity contribution >= 4 is 28.2 Å². The molecule has 27 heavy (non-hydrogen) atoms. The lowest BCUT2D eigenvalue weighted by Gasteiger charge is -2.26. The second-order valence-corrected chi connectivity index (χ2v) is 7.99. The average molecular weight is 374 g/mol. The van der Waals surface area contributed by atoms with Crippen LogP contribution in [-0.4, -0.2) is 35.3 Å². The van der Waals surface area contributed by atoms with Gasteiger partial charge in [-0.05, 0) is 41.3 Å². The van der Waals surface area contributed by atoms with E-state index in [1.807, 2.05) is 23.9 Å². The molecule has 1 N–H and O–H groups in total. The fourth-order valence-electron chi connectivity index (χ4n) is 3.56. The number of aromatic amines is 1. The second-order valence-electron chi connectivity index (χ2n) is 6.88. The standard InChI is InChI=1S/C23H23N3S/c24-15-18-5-7-19(8-6-18)20-9-11-26(12-10-20)13-14-27-17-21-16-25-23-4-2-1-3-22(21)23/h1-9,16,25H,10-14,17H2. The van der Waals surface area contributed by atoms with Crippen molar-refractivity contribution in [2.45, 2.75) is 12.2 Å². The summed E-state index contributed by atoms with van der Waals surface area (Å²) in [6.45, 7) is 3.26. The molecular formula is C23H23N3S. The van der Waals surface area contributed by atoms with Gasteiger partial charge in [0, 0.05) is 48.2 Å². The lowest BCUT2D eigenvalue weighted by molar-refractivity contribution is 0.321. The summed E-state index contributed by atoms with van der Waals surface area (Å²) in [4.78, 5) is 5.88. The van der Waals surface area contributed by atoms with Crippen molar-refractivity contribution in [2.75, 3.05) is 25.4 Å². The summed E-state index contributed by atoms with van der Waals surface area (Å²) in [7, 11) is 0. The Kier molecular flexibility index (Phi) is 5.62. The third kappa shape index (κ3) is 4.27. The van der Waals surface area contributed by atoms with Crippen LogP contribution in [0.4, 0.5) is 0 Å². The number of nitrogens with one attached hydrogen (secondary N) is 1. The Morgan fingerprint density at radius 1 is 1.11 bits per heavy atom. The molecule has 3 aromatic rings. The van der Waals surface area contributed by atoms with Crippen LogP contribution in [0.3, 0.4) is 0 Å². The summed E-state index contributed by atoms with van der Waals surface area (Å²) in [6.07, 6.45) is 5.57. The molecule has 1 aliphatic rings. The van der Waals surface area contributed by atoms with Gasteiger partial charge in [0.25, 0.3) is 0 Å². The molecule has 0 amide bonds. The highest BCUT2D eigenvalue weighted by molar-refractivity contribution is 7.98. The Hall–Kier alpha value is -2.48. The average Bonchev–Trinajstić information content (AvgIpc) is 3.15. The fourth-order valence-corrected chi connectivity index (χ4v) is 4.55. The lowest BCUT2D eigenvalue weighted by atomic mass is 9.98. The molecule has 1 aromatic heterocycles. The van der Waals surface area contributed by atoms with E-state index < -0.39 is 0 Å². The van der Waals surface area contributed by atoms with E-state index in [1.54, 1.807) is 0 Å². The van der Waals surface area contributed by atoms with Crippen molar-refractivity contribution in [1.82, 2.24) is 9.88 Å². The van der Waals surface area contributed by atoms with Gasteiger partial charge in [-0.25, -0.2) is 0 Å². The normalized spacial score (nSPS) is 14.9. The highest BCUT2D eigenvalue weighted by Gasteiger charge is 2.13. The summed E-state index contributed by atoms with van der Waals surface area (Å²) >= 11 is 2.01.